The zero-order valence-electron chi connectivity index (χ0n) is 11.8. The summed E-state index contributed by atoms with van der Waals surface area (Å²) < 4.78 is 6.92. The molecule has 0 saturated carbocycles. The molecular formula is C14H20N4O2. The summed E-state index contributed by atoms with van der Waals surface area (Å²) >= 11 is 0. The number of rotatable bonds is 7. The van der Waals surface area contributed by atoms with E-state index in [1.54, 1.807) is 11.8 Å². The van der Waals surface area contributed by atoms with Crippen molar-refractivity contribution < 1.29 is 9.84 Å². The molecule has 108 valence electrons. The second kappa shape index (κ2) is 6.91. The number of anilines is 1. The number of methoxy groups -OCH3 is 1. The molecule has 6 nitrogen and oxygen atoms in total. The average Bonchev–Trinajstić information content (AvgIpc) is 2.91. The monoisotopic (exact) mass is 276 g/mol. The van der Waals surface area contributed by atoms with Crippen molar-refractivity contribution in [2.45, 2.75) is 26.4 Å². The Balaban J connectivity index is 1.93. The van der Waals surface area contributed by atoms with E-state index >= 15 is 0 Å². The number of hydrogen-bond acceptors (Lipinski definition) is 5. The van der Waals surface area contributed by atoms with Crippen LogP contribution >= 0.6 is 0 Å². The van der Waals surface area contributed by atoms with Crippen LogP contribution in [0.3, 0.4) is 0 Å². The van der Waals surface area contributed by atoms with Gasteiger partial charge in [0.15, 0.2) is 0 Å². The molecule has 0 aliphatic heterocycles. The van der Waals surface area contributed by atoms with E-state index in [9.17, 15) is 0 Å². The number of ether oxygens (including phenoxy) is 1. The number of hydrogen-bond donors (Lipinski definition) is 2. The summed E-state index contributed by atoms with van der Waals surface area (Å²) in [4.78, 5) is 0. The third-order valence-electron chi connectivity index (χ3n) is 3.02. The topological polar surface area (TPSA) is 72.2 Å². The fourth-order valence-electron chi connectivity index (χ4n) is 1.91. The first-order chi connectivity index (χ1) is 9.72. The molecular weight excluding hydrogens is 256 g/mol. The fraction of sp³-hybridized carbons (Fsp3) is 0.429. The van der Waals surface area contributed by atoms with Crippen LogP contribution in [0, 0.1) is 6.92 Å². The number of nitrogens with zero attached hydrogens (tertiary/aromatic N) is 3. The third kappa shape index (κ3) is 3.71. The predicted octanol–water partition coefficient (Wildman–Crippen LogP) is 1.59. The van der Waals surface area contributed by atoms with E-state index in [1.165, 1.54) is 0 Å². The van der Waals surface area contributed by atoms with Gasteiger partial charge in [0, 0.05) is 18.8 Å². The maximum absolute atomic E-state index is 8.78. The summed E-state index contributed by atoms with van der Waals surface area (Å²) in [5.74, 6) is 0.850. The van der Waals surface area contributed by atoms with Crippen molar-refractivity contribution in [2.24, 2.45) is 0 Å². The first kappa shape index (κ1) is 14.3. The Hall–Kier alpha value is -2.08. The molecule has 2 aromatic rings. The van der Waals surface area contributed by atoms with Crippen molar-refractivity contribution in [1.82, 2.24) is 15.0 Å². The summed E-state index contributed by atoms with van der Waals surface area (Å²) in [6.45, 7) is 3.50. The van der Waals surface area contributed by atoms with Crippen LogP contribution in [0.15, 0.2) is 24.4 Å². The largest absolute Gasteiger partial charge is 0.497 e. The van der Waals surface area contributed by atoms with Gasteiger partial charge in [0.25, 0.3) is 0 Å². The minimum atomic E-state index is 0.165. The van der Waals surface area contributed by atoms with Gasteiger partial charge in [-0.2, -0.15) is 0 Å². The molecule has 0 atom stereocenters. The number of benzene rings is 1. The lowest BCUT2D eigenvalue weighted by Gasteiger charge is -2.09. The third-order valence-corrected chi connectivity index (χ3v) is 3.02. The van der Waals surface area contributed by atoms with Gasteiger partial charge < -0.3 is 15.2 Å². The molecule has 1 heterocycles. The van der Waals surface area contributed by atoms with Gasteiger partial charge in [-0.25, -0.2) is 0 Å². The first-order valence-corrected chi connectivity index (χ1v) is 6.61. The molecule has 0 aliphatic carbocycles. The van der Waals surface area contributed by atoms with E-state index in [0.717, 1.165) is 22.7 Å². The van der Waals surface area contributed by atoms with Crippen LogP contribution in [0.2, 0.25) is 0 Å². The maximum atomic E-state index is 8.78. The van der Waals surface area contributed by atoms with Gasteiger partial charge >= 0.3 is 0 Å². The minimum Gasteiger partial charge on any atom is -0.497 e. The summed E-state index contributed by atoms with van der Waals surface area (Å²) in [7, 11) is 1.66. The maximum Gasteiger partial charge on any atom is 0.119 e. The van der Waals surface area contributed by atoms with Crippen LogP contribution in [0.4, 0.5) is 5.69 Å². The Labute approximate surface area is 118 Å². The highest BCUT2D eigenvalue weighted by molar-refractivity contribution is 5.53. The first-order valence-electron chi connectivity index (χ1n) is 6.61. The van der Waals surface area contributed by atoms with Crippen LogP contribution < -0.4 is 10.1 Å². The lowest BCUT2D eigenvalue weighted by atomic mass is 10.2. The lowest BCUT2D eigenvalue weighted by Crippen LogP contribution is -2.02. The van der Waals surface area contributed by atoms with E-state index in [2.05, 4.69) is 15.6 Å². The Morgan fingerprint density at radius 1 is 1.40 bits per heavy atom. The second-order valence-electron chi connectivity index (χ2n) is 4.58. The standard InChI is InChI=1S/C14H20N4O2/c1-11-8-13(20-2)4-5-14(11)15-9-12-10-18(17-16-12)6-3-7-19/h4-5,8,10,15,19H,3,6-7,9H2,1-2H3. The minimum absolute atomic E-state index is 0.165. The number of aliphatic hydroxyl groups excluding tert-OH is 1. The van der Waals surface area contributed by atoms with Gasteiger partial charge in [0.05, 0.1) is 19.9 Å². The zero-order valence-corrected chi connectivity index (χ0v) is 11.8. The average molecular weight is 276 g/mol. The highest BCUT2D eigenvalue weighted by Crippen LogP contribution is 2.21. The molecule has 0 fully saturated rings. The molecule has 0 spiro atoms. The van der Waals surface area contributed by atoms with Crippen molar-refractivity contribution in [1.29, 1.82) is 0 Å². The lowest BCUT2D eigenvalue weighted by molar-refractivity contribution is 0.276. The quantitative estimate of drug-likeness (QED) is 0.803. The van der Waals surface area contributed by atoms with Crippen LogP contribution in [0.1, 0.15) is 17.7 Å². The van der Waals surface area contributed by atoms with Gasteiger partial charge in [0.1, 0.15) is 11.4 Å². The molecule has 2 N–H and O–H groups in total. The van der Waals surface area contributed by atoms with Crippen molar-refractivity contribution in [3.05, 3.63) is 35.7 Å². The van der Waals surface area contributed by atoms with Crippen molar-refractivity contribution in [2.75, 3.05) is 19.0 Å². The summed E-state index contributed by atoms with van der Waals surface area (Å²) in [6.07, 6.45) is 2.58. The van der Waals surface area contributed by atoms with E-state index in [4.69, 9.17) is 9.84 Å². The van der Waals surface area contributed by atoms with E-state index in [1.807, 2.05) is 31.3 Å². The zero-order chi connectivity index (χ0) is 14.4. The number of aryl methyl sites for hydroxylation is 2. The van der Waals surface area contributed by atoms with Crippen molar-refractivity contribution in [3.63, 3.8) is 0 Å². The molecule has 6 heteroatoms. The molecule has 0 bridgehead atoms. The predicted molar refractivity (Wildman–Crippen MR) is 76.8 cm³/mol. The second-order valence-corrected chi connectivity index (χ2v) is 4.58. The molecule has 0 radical (unpaired) electrons. The van der Waals surface area contributed by atoms with Crippen molar-refractivity contribution >= 4 is 5.69 Å². The molecule has 0 saturated heterocycles. The highest BCUT2D eigenvalue weighted by atomic mass is 16.5. The van der Waals surface area contributed by atoms with E-state index in [0.29, 0.717) is 19.5 Å². The summed E-state index contributed by atoms with van der Waals surface area (Å²) in [5.41, 5.74) is 3.05. The summed E-state index contributed by atoms with van der Waals surface area (Å²) in [6, 6.07) is 5.90. The van der Waals surface area contributed by atoms with Crippen LogP contribution in [-0.2, 0) is 13.1 Å². The summed E-state index contributed by atoms with van der Waals surface area (Å²) in [5, 5.41) is 20.2. The van der Waals surface area contributed by atoms with Gasteiger partial charge in [-0.1, -0.05) is 5.21 Å². The van der Waals surface area contributed by atoms with Gasteiger partial charge in [-0.05, 0) is 37.1 Å². The van der Waals surface area contributed by atoms with Gasteiger partial charge in [-0.3, -0.25) is 4.68 Å². The van der Waals surface area contributed by atoms with Crippen LogP contribution in [0.25, 0.3) is 0 Å². The Bertz CT molecular complexity index is 554. The Kier molecular flexibility index (Phi) is 4.95. The Morgan fingerprint density at radius 3 is 2.95 bits per heavy atom. The molecule has 1 aromatic heterocycles. The fourth-order valence-corrected chi connectivity index (χ4v) is 1.91. The molecule has 2 rings (SSSR count). The smallest absolute Gasteiger partial charge is 0.119 e. The van der Waals surface area contributed by atoms with Crippen molar-refractivity contribution in [3.8, 4) is 5.75 Å². The number of aliphatic hydroxyl groups is 1. The van der Waals surface area contributed by atoms with E-state index < -0.39 is 0 Å². The SMILES string of the molecule is COc1ccc(NCc2cn(CCCO)nn2)c(C)c1. The molecule has 0 aliphatic rings. The molecule has 0 amide bonds. The normalized spacial score (nSPS) is 10.6. The highest BCUT2D eigenvalue weighted by Gasteiger charge is 2.03. The Morgan fingerprint density at radius 2 is 2.25 bits per heavy atom. The van der Waals surface area contributed by atoms with Gasteiger partial charge in [-0.15, -0.1) is 5.10 Å². The molecule has 1 aromatic carbocycles. The van der Waals surface area contributed by atoms with Crippen LogP contribution in [-0.4, -0.2) is 33.8 Å². The number of nitrogens with one attached hydrogen (secondary N) is 1. The molecule has 0 unspecified atom stereocenters. The molecule has 20 heavy (non-hydrogen) atoms. The van der Waals surface area contributed by atoms with Gasteiger partial charge in [0.2, 0.25) is 0 Å². The number of aromatic nitrogens is 3. The van der Waals surface area contributed by atoms with Crippen LogP contribution in [0.5, 0.6) is 5.75 Å². The van der Waals surface area contributed by atoms with E-state index in [-0.39, 0.29) is 6.61 Å².